The van der Waals surface area contributed by atoms with Gasteiger partial charge < -0.3 is 15.5 Å². The Morgan fingerprint density at radius 3 is 2.79 bits per heavy atom. The highest BCUT2D eigenvalue weighted by Crippen LogP contribution is 2.32. The van der Waals surface area contributed by atoms with Crippen molar-refractivity contribution in [2.75, 3.05) is 23.3 Å². The summed E-state index contributed by atoms with van der Waals surface area (Å²) in [5, 5.41) is 6.02. The van der Waals surface area contributed by atoms with E-state index in [1.54, 1.807) is 17.7 Å². The molecule has 3 aromatic rings. The van der Waals surface area contributed by atoms with E-state index in [1.165, 1.54) is 10.4 Å². The molecule has 2 aromatic heterocycles. The van der Waals surface area contributed by atoms with Crippen LogP contribution in [-0.2, 0) is 0 Å². The van der Waals surface area contributed by atoms with Gasteiger partial charge in [0.1, 0.15) is 12.1 Å². The highest BCUT2D eigenvalue weighted by Gasteiger charge is 2.26. The van der Waals surface area contributed by atoms with Crippen molar-refractivity contribution >= 4 is 39.1 Å². The second-order valence-corrected chi connectivity index (χ2v) is 8.83. The van der Waals surface area contributed by atoms with Crippen LogP contribution in [0.2, 0.25) is 0 Å². The molecule has 0 aliphatic carbocycles. The summed E-state index contributed by atoms with van der Waals surface area (Å²) in [5.41, 5.74) is 3.06. The highest BCUT2D eigenvalue weighted by molar-refractivity contribution is 7.19. The normalized spacial score (nSPS) is 16.7. The molecular formula is C21H25N5OS. The second kappa shape index (κ2) is 7.75. The summed E-state index contributed by atoms with van der Waals surface area (Å²) in [6.07, 6.45) is 2.52. The number of thiophene rings is 1. The van der Waals surface area contributed by atoms with Crippen LogP contribution < -0.4 is 15.5 Å². The molecule has 1 fully saturated rings. The fourth-order valence-electron chi connectivity index (χ4n) is 3.56. The Balaban J connectivity index is 1.37. The van der Waals surface area contributed by atoms with E-state index in [0.717, 1.165) is 41.2 Å². The molecule has 7 heteroatoms. The standard InChI is InChI=1S/C21H25N5OS/c1-13(2)15-4-6-16(7-5-15)24-21(27)25-17-8-9-26(11-17)20-19-18(22-12-23-20)10-14(3)28-19/h4-7,10,12-13,17H,8-9,11H2,1-3H3,(H2,24,25,27). The molecule has 4 rings (SSSR count). The van der Waals surface area contributed by atoms with Gasteiger partial charge in [-0.25, -0.2) is 14.8 Å². The summed E-state index contributed by atoms with van der Waals surface area (Å²) in [6, 6.07) is 10.0. The number of nitrogens with one attached hydrogen (secondary N) is 2. The van der Waals surface area contributed by atoms with Crippen LogP contribution >= 0.6 is 11.3 Å². The number of hydrogen-bond acceptors (Lipinski definition) is 5. The topological polar surface area (TPSA) is 70.2 Å². The van der Waals surface area contributed by atoms with Gasteiger partial charge in [0.15, 0.2) is 0 Å². The van der Waals surface area contributed by atoms with Crippen molar-refractivity contribution in [3.05, 3.63) is 47.1 Å². The van der Waals surface area contributed by atoms with Crippen molar-refractivity contribution in [2.24, 2.45) is 0 Å². The number of fused-ring (bicyclic) bond motifs is 1. The first-order chi connectivity index (χ1) is 13.5. The maximum absolute atomic E-state index is 12.4. The van der Waals surface area contributed by atoms with Gasteiger partial charge in [0.05, 0.1) is 10.2 Å². The van der Waals surface area contributed by atoms with Crippen molar-refractivity contribution < 1.29 is 4.79 Å². The number of anilines is 2. The van der Waals surface area contributed by atoms with Crippen LogP contribution in [0.5, 0.6) is 0 Å². The van der Waals surface area contributed by atoms with Crippen molar-refractivity contribution in [3.8, 4) is 0 Å². The van der Waals surface area contributed by atoms with Gasteiger partial charge in [0, 0.05) is 29.7 Å². The van der Waals surface area contributed by atoms with E-state index >= 15 is 0 Å². The molecule has 3 heterocycles. The zero-order chi connectivity index (χ0) is 19.7. The minimum absolute atomic E-state index is 0.0982. The number of carbonyl (C=O) groups is 1. The molecule has 1 unspecified atom stereocenters. The predicted octanol–water partition coefficient (Wildman–Crippen LogP) is 4.52. The molecule has 0 spiro atoms. The largest absolute Gasteiger partial charge is 0.353 e. The van der Waals surface area contributed by atoms with Crippen LogP contribution in [0.1, 0.15) is 36.6 Å². The molecule has 2 amide bonds. The quantitative estimate of drug-likeness (QED) is 0.681. The first kappa shape index (κ1) is 18.7. The van der Waals surface area contributed by atoms with E-state index in [0.29, 0.717) is 5.92 Å². The van der Waals surface area contributed by atoms with E-state index in [9.17, 15) is 4.79 Å². The Bertz CT molecular complexity index is 982. The lowest BCUT2D eigenvalue weighted by molar-refractivity contribution is 0.249. The zero-order valence-electron chi connectivity index (χ0n) is 16.4. The molecule has 28 heavy (non-hydrogen) atoms. The lowest BCUT2D eigenvalue weighted by Crippen LogP contribution is -2.39. The van der Waals surface area contributed by atoms with Gasteiger partial charge in [0.25, 0.3) is 0 Å². The summed E-state index contributed by atoms with van der Waals surface area (Å²) >= 11 is 1.72. The predicted molar refractivity (Wildman–Crippen MR) is 115 cm³/mol. The van der Waals surface area contributed by atoms with E-state index in [4.69, 9.17) is 0 Å². The number of amides is 2. The summed E-state index contributed by atoms with van der Waals surface area (Å²) < 4.78 is 1.12. The van der Waals surface area contributed by atoms with Gasteiger partial charge in [-0.05, 0) is 43.0 Å². The molecule has 2 N–H and O–H groups in total. The van der Waals surface area contributed by atoms with Crippen LogP contribution in [0.3, 0.4) is 0 Å². The Kier molecular flexibility index (Phi) is 5.17. The molecule has 1 aliphatic heterocycles. The average Bonchev–Trinajstić information content (AvgIpc) is 3.27. The Morgan fingerprint density at radius 2 is 2.04 bits per heavy atom. The Labute approximate surface area is 169 Å². The van der Waals surface area contributed by atoms with Gasteiger partial charge in [-0.3, -0.25) is 0 Å². The monoisotopic (exact) mass is 395 g/mol. The molecular weight excluding hydrogens is 370 g/mol. The second-order valence-electron chi connectivity index (χ2n) is 7.58. The van der Waals surface area contributed by atoms with Crippen LogP contribution in [0.4, 0.5) is 16.3 Å². The van der Waals surface area contributed by atoms with Gasteiger partial charge >= 0.3 is 6.03 Å². The van der Waals surface area contributed by atoms with Gasteiger partial charge in [-0.15, -0.1) is 11.3 Å². The number of aromatic nitrogens is 2. The summed E-state index contributed by atoms with van der Waals surface area (Å²) in [4.78, 5) is 24.7. The molecule has 6 nitrogen and oxygen atoms in total. The van der Waals surface area contributed by atoms with Crippen LogP contribution in [-0.4, -0.2) is 35.1 Å². The maximum atomic E-state index is 12.4. The maximum Gasteiger partial charge on any atom is 0.319 e. The summed E-state index contributed by atoms with van der Waals surface area (Å²) in [6.45, 7) is 8.02. The minimum Gasteiger partial charge on any atom is -0.353 e. The number of hydrogen-bond donors (Lipinski definition) is 2. The zero-order valence-corrected chi connectivity index (χ0v) is 17.2. The number of nitrogens with zero attached hydrogens (tertiary/aromatic N) is 3. The van der Waals surface area contributed by atoms with E-state index < -0.39 is 0 Å². The first-order valence-corrected chi connectivity index (χ1v) is 10.4. The molecule has 1 aromatic carbocycles. The fraction of sp³-hybridized carbons (Fsp3) is 0.381. The first-order valence-electron chi connectivity index (χ1n) is 9.63. The summed E-state index contributed by atoms with van der Waals surface area (Å²) in [5.74, 6) is 1.45. The minimum atomic E-state index is -0.163. The lowest BCUT2D eigenvalue weighted by atomic mass is 10.0. The fourth-order valence-corrected chi connectivity index (χ4v) is 4.54. The SMILES string of the molecule is Cc1cc2ncnc(N3CCC(NC(=O)Nc4ccc(C(C)C)cc4)C3)c2s1. The molecule has 1 atom stereocenters. The van der Waals surface area contributed by atoms with E-state index in [2.05, 4.69) is 64.5 Å². The Hall–Kier alpha value is -2.67. The van der Waals surface area contributed by atoms with Crippen molar-refractivity contribution in [1.29, 1.82) is 0 Å². The number of urea groups is 1. The van der Waals surface area contributed by atoms with E-state index in [-0.39, 0.29) is 12.1 Å². The molecule has 1 aliphatic rings. The Morgan fingerprint density at radius 1 is 1.25 bits per heavy atom. The number of rotatable bonds is 4. The van der Waals surface area contributed by atoms with Crippen LogP contribution in [0.15, 0.2) is 36.7 Å². The van der Waals surface area contributed by atoms with Gasteiger partial charge in [-0.1, -0.05) is 26.0 Å². The third kappa shape index (κ3) is 3.94. The highest BCUT2D eigenvalue weighted by atomic mass is 32.1. The van der Waals surface area contributed by atoms with E-state index in [1.807, 2.05) is 12.1 Å². The number of aryl methyl sites for hydroxylation is 1. The third-order valence-corrected chi connectivity index (χ3v) is 6.11. The molecule has 0 bridgehead atoms. The number of carbonyl (C=O) groups excluding carboxylic acids is 1. The van der Waals surface area contributed by atoms with Gasteiger partial charge in [-0.2, -0.15) is 0 Å². The third-order valence-electron chi connectivity index (χ3n) is 5.07. The van der Waals surface area contributed by atoms with Crippen LogP contribution in [0, 0.1) is 6.92 Å². The van der Waals surface area contributed by atoms with Crippen molar-refractivity contribution in [1.82, 2.24) is 15.3 Å². The lowest BCUT2D eigenvalue weighted by Gasteiger charge is -2.18. The van der Waals surface area contributed by atoms with Gasteiger partial charge in [0.2, 0.25) is 0 Å². The molecule has 146 valence electrons. The molecule has 1 saturated heterocycles. The van der Waals surface area contributed by atoms with Crippen LogP contribution in [0.25, 0.3) is 10.2 Å². The van der Waals surface area contributed by atoms with Crippen molar-refractivity contribution in [2.45, 2.75) is 39.2 Å². The molecule has 0 saturated carbocycles. The molecule has 0 radical (unpaired) electrons. The number of benzene rings is 1. The van der Waals surface area contributed by atoms with Crippen molar-refractivity contribution in [3.63, 3.8) is 0 Å². The smallest absolute Gasteiger partial charge is 0.319 e. The average molecular weight is 396 g/mol. The summed E-state index contributed by atoms with van der Waals surface area (Å²) in [7, 11) is 0.